The van der Waals surface area contributed by atoms with Gasteiger partial charge in [0.1, 0.15) is 18.3 Å². The summed E-state index contributed by atoms with van der Waals surface area (Å²) in [6.45, 7) is -0.970. The van der Waals surface area contributed by atoms with Crippen molar-refractivity contribution in [2.75, 3.05) is 12.3 Å². The van der Waals surface area contributed by atoms with Crippen LogP contribution in [0.3, 0.4) is 0 Å². The molecule has 3 rings (SSSR count). The minimum absolute atomic E-state index is 0.334. The minimum Gasteiger partial charge on any atom is -0.386 e. The molecular formula is C10H14N8O11P2. The number of nitrogens with zero attached hydrogens (tertiary/aromatic N) is 6. The molecule has 4 atom stereocenters. The predicted molar refractivity (Wildman–Crippen MR) is 96.2 cm³/mol. The Bertz CT molecular complexity index is 1190. The van der Waals surface area contributed by atoms with E-state index in [1.807, 2.05) is 0 Å². The van der Waals surface area contributed by atoms with Crippen LogP contribution in [-0.2, 0) is 22.9 Å². The molecule has 0 aromatic carbocycles. The van der Waals surface area contributed by atoms with Crippen molar-refractivity contribution in [3.05, 3.63) is 20.8 Å². The zero-order valence-corrected chi connectivity index (χ0v) is 16.6. The Balaban J connectivity index is 2.11. The molecule has 31 heavy (non-hydrogen) atoms. The van der Waals surface area contributed by atoms with Gasteiger partial charge in [-0.25, -0.2) is 14.1 Å². The maximum atomic E-state index is 12.1. The summed E-state index contributed by atoms with van der Waals surface area (Å²) >= 11 is 0. The van der Waals surface area contributed by atoms with Gasteiger partial charge in [0, 0.05) is 4.91 Å². The van der Waals surface area contributed by atoms with E-state index in [2.05, 4.69) is 34.0 Å². The van der Waals surface area contributed by atoms with Crippen LogP contribution in [0.1, 0.15) is 6.23 Å². The second kappa shape index (κ2) is 8.27. The number of nitrogens with one attached hydrogen (secondary N) is 1. The lowest BCUT2D eigenvalue weighted by Crippen LogP contribution is -2.35. The summed E-state index contributed by atoms with van der Waals surface area (Å²) in [5.41, 5.74) is 12.7. The highest BCUT2D eigenvalue weighted by Crippen LogP contribution is 2.46. The lowest BCUT2D eigenvalue weighted by atomic mass is 10.1. The van der Waals surface area contributed by atoms with E-state index in [1.165, 1.54) is 0 Å². The van der Waals surface area contributed by atoms with Crippen molar-refractivity contribution >= 4 is 38.7 Å². The van der Waals surface area contributed by atoms with Gasteiger partial charge >= 0.3 is 15.6 Å². The molecule has 0 aliphatic carbocycles. The summed E-state index contributed by atoms with van der Waals surface area (Å²) < 4.78 is 37.3. The first kappa shape index (κ1) is 23.3. The molecule has 0 spiro atoms. The zero-order valence-electron chi connectivity index (χ0n) is 14.9. The summed E-state index contributed by atoms with van der Waals surface area (Å²) in [7, 11) is -10.3. The molecule has 1 aliphatic heterocycles. The Morgan fingerprint density at radius 1 is 1.29 bits per heavy atom. The molecule has 19 nitrogen and oxygen atoms in total. The summed E-state index contributed by atoms with van der Waals surface area (Å²) in [6, 6.07) is 0. The second-order valence-corrected chi connectivity index (χ2v) is 8.43. The van der Waals surface area contributed by atoms with Gasteiger partial charge in [-0.05, 0) is 10.6 Å². The van der Waals surface area contributed by atoms with Crippen molar-refractivity contribution in [1.29, 1.82) is 0 Å². The second-order valence-electron chi connectivity index (χ2n) is 6.00. The fourth-order valence-electron chi connectivity index (χ4n) is 2.86. The van der Waals surface area contributed by atoms with E-state index >= 15 is 0 Å². The van der Waals surface area contributed by atoms with Gasteiger partial charge in [-0.1, -0.05) is 0 Å². The van der Waals surface area contributed by atoms with Crippen molar-refractivity contribution in [3.63, 3.8) is 0 Å². The topological polar surface area (TPSA) is 301 Å². The predicted octanol–water partition coefficient (Wildman–Crippen LogP) is -1.51. The lowest BCUT2D eigenvalue weighted by Gasteiger charge is -2.21. The highest BCUT2D eigenvalue weighted by atomic mass is 31.2. The Kier molecular flexibility index (Phi) is 6.21. The van der Waals surface area contributed by atoms with Gasteiger partial charge in [-0.3, -0.25) is 23.4 Å². The van der Waals surface area contributed by atoms with Crippen LogP contribution in [0, 0.1) is 0 Å². The van der Waals surface area contributed by atoms with E-state index in [9.17, 15) is 19.0 Å². The van der Waals surface area contributed by atoms with E-state index in [4.69, 9.17) is 35.6 Å². The SMILES string of the molecule is [N-]=[N+]=Nc1nc2c(=O)[nH]c(N)nc2n1[C@@H]1O[C@H](COP(=O)(O)O)[C@@H](OP(=O)(O)O)[C@H]1O. The Morgan fingerprint density at radius 2 is 1.97 bits per heavy atom. The number of phosphoric acid groups is 2. The van der Waals surface area contributed by atoms with Crippen molar-refractivity contribution < 1.29 is 47.6 Å². The van der Waals surface area contributed by atoms with Gasteiger partial charge in [-0.2, -0.15) is 4.98 Å². The number of hydrogen-bond donors (Lipinski definition) is 7. The third-order valence-electron chi connectivity index (χ3n) is 3.91. The first-order valence-electron chi connectivity index (χ1n) is 7.91. The number of aromatic amines is 1. The molecular weight excluding hydrogens is 470 g/mol. The van der Waals surface area contributed by atoms with Crippen LogP contribution in [0.4, 0.5) is 11.9 Å². The minimum atomic E-state index is -5.23. The van der Waals surface area contributed by atoms with Crippen molar-refractivity contribution in [1.82, 2.24) is 19.5 Å². The monoisotopic (exact) mass is 484 g/mol. The number of nitrogens with two attached hydrogens (primary N) is 1. The molecule has 1 fully saturated rings. The molecule has 0 saturated carbocycles. The molecule has 1 saturated heterocycles. The van der Waals surface area contributed by atoms with E-state index < -0.39 is 58.3 Å². The van der Waals surface area contributed by atoms with Crippen LogP contribution < -0.4 is 11.3 Å². The number of hydrogen-bond acceptors (Lipinski definition) is 11. The van der Waals surface area contributed by atoms with Crippen LogP contribution >= 0.6 is 15.6 Å². The van der Waals surface area contributed by atoms with Gasteiger partial charge in [0.05, 0.1) is 6.61 Å². The molecule has 0 unspecified atom stereocenters. The van der Waals surface area contributed by atoms with Crippen LogP contribution in [0.5, 0.6) is 0 Å². The number of aliphatic hydroxyl groups excluding tert-OH is 1. The third kappa shape index (κ3) is 5.09. The first-order chi connectivity index (χ1) is 14.3. The normalized spacial score (nSPS) is 24.4. The van der Waals surface area contributed by atoms with Crippen LogP contribution in [0.15, 0.2) is 9.91 Å². The average molecular weight is 484 g/mol. The number of anilines is 1. The summed E-state index contributed by atoms with van der Waals surface area (Å²) in [6.07, 6.45) is -7.18. The van der Waals surface area contributed by atoms with Gasteiger partial charge in [-0.15, -0.1) is 0 Å². The number of azide groups is 1. The molecule has 2 aromatic heterocycles. The summed E-state index contributed by atoms with van der Waals surface area (Å²) in [4.78, 5) is 60.3. The van der Waals surface area contributed by atoms with Crippen LogP contribution in [-0.4, -0.2) is 69.1 Å². The quantitative estimate of drug-likeness (QED) is 0.102. The van der Waals surface area contributed by atoms with Crippen LogP contribution in [0.25, 0.3) is 21.6 Å². The van der Waals surface area contributed by atoms with Gasteiger partial charge in [0.2, 0.25) is 11.9 Å². The number of ether oxygens (including phenoxy) is 1. The summed E-state index contributed by atoms with van der Waals surface area (Å²) in [5.74, 6) is -0.931. The number of fused-ring (bicyclic) bond motifs is 1. The molecule has 0 amide bonds. The standard InChI is InChI=1S/C10H14N8O11P2/c11-9-14-6-3(7(20)15-9)13-10(16-17-12)18(6)8-4(19)5(29-31(24,25)26)2(28-8)1-27-30(21,22)23/h2,4-5,8,19H,1H2,(H2,21,22,23)(H2,24,25,26)(H3,11,14,15,20)/t2-,4-,5-,8-/m1/s1. The molecule has 0 radical (unpaired) electrons. The lowest BCUT2D eigenvalue weighted by molar-refractivity contribution is -0.0494. The maximum Gasteiger partial charge on any atom is 0.470 e. The fourth-order valence-corrected chi connectivity index (χ4v) is 3.78. The molecule has 8 N–H and O–H groups in total. The van der Waals surface area contributed by atoms with Crippen molar-refractivity contribution in [2.24, 2.45) is 5.11 Å². The molecule has 170 valence electrons. The van der Waals surface area contributed by atoms with Gasteiger partial charge in [0.25, 0.3) is 5.56 Å². The molecule has 0 bridgehead atoms. The van der Waals surface area contributed by atoms with Gasteiger partial charge < -0.3 is 35.2 Å². The Labute approximate surface area is 169 Å². The highest BCUT2D eigenvalue weighted by Gasteiger charge is 2.50. The highest BCUT2D eigenvalue weighted by molar-refractivity contribution is 7.46. The number of phosphoric ester groups is 2. The third-order valence-corrected chi connectivity index (χ3v) is 4.92. The molecule has 21 heteroatoms. The smallest absolute Gasteiger partial charge is 0.386 e. The van der Waals surface area contributed by atoms with Crippen molar-refractivity contribution in [2.45, 2.75) is 24.5 Å². The number of H-pyrrole nitrogens is 1. The van der Waals surface area contributed by atoms with E-state index in [-0.39, 0.29) is 17.1 Å². The molecule has 2 aromatic rings. The number of nitrogen functional groups attached to an aromatic ring is 1. The molecule has 3 heterocycles. The Morgan fingerprint density at radius 3 is 2.55 bits per heavy atom. The van der Waals surface area contributed by atoms with E-state index in [0.717, 1.165) is 4.57 Å². The summed E-state index contributed by atoms with van der Waals surface area (Å²) in [5, 5.41) is 13.9. The number of aliphatic hydroxyl groups is 1. The maximum absolute atomic E-state index is 12.1. The number of aromatic nitrogens is 4. The number of imidazole rings is 1. The zero-order chi connectivity index (χ0) is 23.1. The fraction of sp³-hybridized carbons (Fsp3) is 0.500. The van der Waals surface area contributed by atoms with Crippen molar-refractivity contribution in [3.8, 4) is 0 Å². The van der Waals surface area contributed by atoms with E-state index in [1.54, 1.807) is 0 Å². The first-order valence-corrected chi connectivity index (χ1v) is 11.0. The largest absolute Gasteiger partial charge is 0.470 e. The van der Waals surface area contributed by atoms with Gasteiger partial charge in [0.15, 0.2) is 17.4 Å². The Hall–Kier alpha value is -2.40. The number of rotatable bonds is 7. The average Bonchev–Trinajstić information content (AvgIpc) is 3.10. The molecule has 1 aliphatic rings. The van der Waals surface area contributed by atoms with E-state index in [0.29, 0.717) is 0 Å². The van der Waals surface area contributed by atoms with Crippen LogP contribution in [0.2, 0.25) is 0 Å².